The van der Waals surface area contributed by atoms with Crippen LogP contribution in [0.4, 0.5) is 0 Å². The minimum Gasteiger partial charge on any atom is -0.489 e. The van der Waals surface area contributed by atoms with Crippen molar-refractivity contribution in [3.63, 3.8) is 0 Å². The molecule has 18 heavy (non-hydrogen) atoms. The van der Waals surface area contributed by atoms with E-state index in [1.54, 1.807) is 0 Å². The number of hydrogen-bond acceptors (Lipinski definition) is 2. The molecular formula is C15H22BrNO. The highest BCUT2D eigenvalue weighted by atomic mass is 79.9. The van der Waals surface area contributed by atoms with Crippen LogP contribution in [0, 0.1) is 5.41 Å². The van der Waals surface area contributed by atoms with E-state index in [0.29, 0.717) is 12.1 Å². The van der Waals surface area contributed by atoms with E-state index >= 15 is 0 Å². The first kappa shape index (κ1) is 13.9. The molecule has 2 atom stereocenters. The number of hydrogen-bond donors (Lipinski definition) is 1. The number of rotatable bonds is 5. The van der Waals surface area contributed by atoms with Gasteiger partial charge in [-0.1, -0.05) is 26.0 Å². The molecule has 0 aromatic heterocycles. The lowest BCUT2D eigenvalue weighted by Gasteiger charge is -2.55. The maximum atomic E-state index is 6.22. The van der Waals surface area contributed by atoms with Crippen LogP contribution in [0.25, 0.3) is 0 Å². The summed E-state index contributed by atoms with van der Waals surface area (Å²) in [5, 5.41) is 3.43. The molecule has 2 rings (SSSR count). The van der Waals surface area contributed by atoms with Crippen molar-refractivity contribution in [2.75, 3.05) is 7.05 Å². The maximum absolute atomic E-state index is 6.22. The van der Waals surface area contributed by atoms with Gasteiger partial charge in [-0.15, -0.1) is 0 Å². The Balaban J connectivity index is 2.13. The van der Waals surface area contributed by atoms with E-state index in [1.807, 2.05) is 24.3 Å². The largest absolute Gasteiger partial charge is 0.489 e. The van der Waals surface area contributed by atoms with Gasteiger partial charge in [0.1, 0.15) is 11.9 Å². The van der Waals surface area contributed by atoms with E-state index in [2.05, 4.69) is 42.1 Å². The zero-order chi connectivity index (χ0) is 13.2. The number of nitrogens with one attached hydrogen (secondary N) is 1. The molecule has 1 N–H and O–H groups in total. The summed E-state index contributed by atoms with van der Waals surface area (Å²) in [5.74, 6) is 0.961. The Labute approximate surface area is 118 Å². The fourth-order valence-electron chi connectivity index (χ4n) is 3.21. The van der Waals surface area contributed by atoms with Gasteiger partial charge < -0.3 is 10.1 Å². The van der Waals surface area contributed by atoms with E-state index in [9.17, 15) is 0 Å². The van der Waals surface area contributed by atoms with Crippen LogP contribution in [0.3, 0.4) is 0 Å². The highest BCUT2D eigenvalue weighted by Gasteiger charge is 2.53. The minimum absolute atomic E-state index is 0.282. The molecule has 1 aliphatic carbocycles. The van der Waals surface area contributed by atoms with Crippen LogP contribution in [0.5, 0.6) is 5.75 Å². The smallest absolute Gasteiger partial charge is 0.133 e. The molecule has 0 radical (unpaired) electrons. The number of benzene rings is 1. The molecule has 1 aromatic rings. The summed E-state index contributed by atoms with van der Waals surface area (Å²) in [6.07, 6.45) is 3.73. The Bertz CT molecular complexity index is 403. The average molecular weight is 312 g/mol. The molecule has 1 aliphatic rings. The third-order valence-corrected chi connectivity index (χ3v) is 5.21. The lowest BCUT2D eigenvalue weighted by atomic mass is 9.58. The molecule has 1 fully saturated rings. The predicted molar refractivity (Wildman–Crippen MR) is 79.0 cm³/mol. The Kier molecular flexibility index (Phi) is 4.33. The Morgan fingerprint density at radius 3 is 2.56 bits per heavy atom. The first-order valence-electron chi connectivity index (χ1n) is 6.76. The quantitative estimate of drug-likeness (QED) is 0.887. The summed E-state index contributed by atoms with van der Waals surface area (Å²) in [5.41, 5.74) is 0.282. The Morgan fingerprint density at radius 1 is 1.33 bits per heavy atom. The second-order valence-electron chi connectivity index (χ2n) is 5.05. The second-order valence-corrected chi connectivity index (χ2v) is 5.91. The topological polar surface area (TPSA) is 21.3 Å². The molecule has 0 saturated heterocycles. The number of ether oxygens (including phenoxy) is 1. The third-order valence-electron chi connectivity index (χ3n) is 4.56. The van der Waals surface area contributed by atoms with E-state index in [1.165, 1.54) is 0 Å². The lowest BCUT2D eigenvalue weighted by molar-refractivity contribution is -0.0839. The van der Waals surface area contributed by atoms with Crippen molar-refractivity contribution in [2.45, 2.75) is 45.3 Å². The summed E-state index contributed by atoms with van der Waals surface area (Å²) in [6.45, 7) is 4.53. The summed E-state index contributed by atoms with van der Waals surface area (Å²) in [6, 6.07) is 8.69. The van der Waals surface area contributed by atoms with E-state index in [0.717, 1.165) is 29.5 Å². The molecule has 1 saturated carbocycles. The van der Waals surface area contributed by atoms with Gasteiger partial charge in [-0.25, -0.2) is 0 Å². The minimum atomic E-state index is 0.282. The monoisotopic (exact) mass is 311 g/mol. The van der Waals surface area contributed by atoms with Gasteiger partial charge in [0, 0.05) is 17.9 Å². The van der Waals surface area contributed by atoms with E-state index in [4.69, 9.17) is 4.74 Å². The van der Waals surface area contributed by atoms with Gasteiger partial charge in [0.15, 0.2) is 0 Å². The molecule has 3 heteroatoms. The number of halogens is 1. The first-order valence-corrected chi connectivity index (χ1v) is 7.55. The Morgan fingerprint density at radius 2 is 2.00 bits per heavy atom. The second kappa shape index (κ2) is 5.62. The molecule has 0 aliphatic heterocycles. The van der Waals surface area contributed by atoms with Crippen LogP contribution < -0.4 is 10.1 Å². The number of para-hydroxylation sites is 1. The van der Waals surface area contributed by atoms with Crippen molar-refractivity contribution in [1.82, 2.24) is 5.32 Å². The fourth-order valence-corrected chi connectivity index (χ4v) is 3.59. The zero-order valence-electron chi connectivity index (χ0n) is 11.4. The van der Waals surface area contributed by atoms with E-state index < -0.39 is 0 Å². The van der Waals surface area contributed by atoms with Gasteiger partial charge in [0.25, 0.3) is 0 Å². The normalized spacial score (nSPS) is 25.6. The highest BCUT2D eigenvalue weighted by molar-refractivity contribution is 9.10. The molecule has 2 unspecified atom stereocenters. The summed E-state index contributed by atoms with van der Waals surface area (Å²) in [7, 11) is 2.05. The molecule has 0 spiro atoms. The average Bonchev–Trinajstić information content (AvgIpc) is 2.37. The van der Waals surface area contributed by atoms with Crippen LogP contribution in [0.1, 0.15) is 33.1 Å². The Hall–Kier alpha value is -0.540. The third kappa shape index (κ3) is 2.19. The van der Waals surface area contributed by atoms with Crippen molar-refractivity contribution in [3.8, 4) is 5.75 Å². The van der Waals surface area contributed by atoms with Crippen molar-refractivity contribution < 1.29 is 4.74 Å². The molecule has 100 valence electrons. The summed E-state index contributed by atoms with van der Waals surface area (Å²) in [4.78, 5) is 0. The first-order chi connectivity index (χ1) is 8.67. The summed E-state index contributed by atoms with van der Waals surface area (Å²) < 4.78 is 7.26. The van der Waals surface area contributed by atoms with Gasteiger partial charge in [-0.2, -0.15) is 0 Å². The van der Waals surface area contributed by atoms with Gasteiger partial charge >= 0.3 is 0 Å². The van der Waals surface area contributed by atoms with Gasteiger partial charge in [-0.05, 0) is 48.0 Å². The van der Waals surface area contributed by atoms with E-state index in [-0.39, 0.29) is 5.41 Å². The molecule has 0 bridgehead atoms. The van der Waals surface area contributed by atoms with Crippen molar-refractivity contribution in [3.05, 3.63) is 28.7 Å². The lowest BCUT2D eigenvalue weighted by Crippen LogP contribution is -2.63. The van der Waals surface area contributed by atoms with Crippen molar-refractivity contribution in [1.29, 1.82) is 0 Å². The maximum Gasteiger partial charge on any atom is 0.133 e. The molecule has 0 amide bonds. The standard InChI is InChI=1S/C15H22BrNO/c1-4-15(5-2)13(17-3)10-14(15)18-12-9-7-6-8-11(12)16/h6-9,13-14,17H,4-5,10H2,1-3H3. The molecule has 1 aromatic carbocycles. The molecular weight excluding hydrogens is 290 g/mol. The van der Waals surface area contributed by atoms with Crippen LogP contribution in [0.2, 0.25) is 0 Å². The van der Waals surface area contributed by atoms with Crippen molar-refractivity contribution in [2.24, 2.45) is 5.41 Å². The highest BCUT2D eigenvalue weighted by Crippen LogP contribution is 2.49. The SMILES string of the molecule is CCC1(CC)C(NC)CC1Oc1ccccc1Br. The van der Waals surface area contributed by atoms with Gasteiger partial charge in [0.2, 0.25) is 0 Å². The predicted octanol–water partition coefficient (Wildman–Crippen LogP) is 3.99. The van der Waals surface area contributed by atoms with Crippen LogP contribution in [-0.4, -0.2) is 19.2 Å². The fraction of sp³-hybridized carbons (Fsp3) is 0.600. The molecule has 0 heterocycles. The summed E-state index contributed by atoms with van der Waals surface area (Å²) >= 11 is 3.55. The van der Waals surface area contributed by atoms with Gasteiger partial charge in [0.05, 0.1) is 4.47 Å². The van der Waals surface area contributed by atoms with Crippen LogP contribution in [0.15, 0.2) is 28.7 Å². The van der Waals surface area contributed by atoms with Crippen molar-refractivity contribution >= 4 is 15.9 Å². The zero-order valence-corrected chi connectivity index (χ0v) is 13.0. The van der Waals surface area contributed by atoms with Gasteiger partial charge in [-0.3, -0.25) is 0 Å². The molecule has 2 nitrogen and oxygen atoms in total. The van der Waals surface area contributed by atoms with Crippen LogP contribution >= 0.6 is 15.9 Å². The van der Waals surface area contributed by atoms with Crippen LogP contribution in [-0.2, 0) is 0 Å².